The van der Waals surface area contributed by atoms with Crippen LogP contribution < -0.4 is 16.0 Å². The van der Waals surface area contributed by atoms with E-state index in [-0.39, 0.29) is 23.3 Å². The molecule has 3 amide bonds. The average molecular weight is 399 g/mol. The van der Waals surface area contributed by atoms with Gasteiger partial charge in [-0.1, -0.05) is 12.1 Å². The lowest BCUT2D eigenvalue weighted by Crippen LogP contribution is -2.38. The van der Waals surface area contributed by atoms with Gasteiger partial charge in [-0.3, -0.25) is 9.59 Å². The third kappa shape index (κ3) is 4.92. The zero-order valence-electron chi connectivity index (χ0n) is 16.9. The first-order valence-corrected chi connectivity index (χ1v) is 9.36. The first-order valence-electron chi connectivity index (χ1n) is 9.36. The first-order chi connectivity index (χ1) is 13.6. The maximum Gasteiger partial charge on any atom is 0.407 e. The topological polar surface area (TPSA) is 114 Å². The lowest BCUT2D eigenvalue weighted by Gasteiger charge is -2.22. The lowest BCUT2D eigenvalue weighted by atomic mass is 10.1. The number of imidazole rings is 1. The minimum absolute atomic E-state index is 0.0357. The standard InChI is InChI=1S/C20H25N5O4/c1-12-9-21-18(27)16-15(23-11-25(12)16)17(26)24-14-7-5-13(6-8-14)10-22-19(28)29-20(2,3)4/h5-8,11-12H,9-10H2,1-4H3,(H,21,27)(H,22,28)(H,24,26)/t12-/m1/s1. The van der Waals surface area contributed by atoms with Crippen LogP contribution in [0.25, 0.3) is 0 Å². The molecule has 1 aliphatic heterocycles. The molecule has 9 heteroatoms. The van der Waals surface area contributed by atoms with Crippen molar-refractivity contribution in [2.24, 2.45) is 0 Å². The summed E-state index contributed by atoms with van der Waals surface area (Å²) in [6.07, 6.45) is 1.02. The first kappa shape index (κ1) is 20.4. The Kier molecular flexibility index (Phi) is 5.58. The molecule has 154 valence electrons. The Hall–Kier alpha value is -3.36. The summed E-state index contributed by atoms with van der Waals surface area (Å²) in [7, 11) is 0. The van der Waals surface area contributed by atoms with E-state index in [0.717, 1.165) is 5.56 Å². The predicted molar refractivity (Wildman–Crippen MR) is 107 cm³/mol. The molecule has 3 N–H and O–H groups in total. The summed E-state index contributed by atoms with van der Waals surface area (Å²) in [5.41, 5.74) is 1.20. The number of aromatic nitrogens is 2. The van der Waals surface area contributed by atoms with Crippen LogP contribution in [0.4, 0.5) is 10.5 Å². The maximum absolute atomic E-state index is 12.6. The number of nitrogens with zero attached hydrogens (tertiary/aromatic N) is 2. The Balaban J connectivity index is 1.61. The lowest BCUT2D eigenvalue weighted by molar-refractivity contribution is 0.0523. The van der Waals surface area contributed by atoms with Gasteiger partial charge >= 0.3 is 6.09 Å². The molecular weight excluding hydrogens is 374 g/mol. The highest BCUT2D eigenvalue weighted by molar-refractivity contribution is 6.10. The summed E-state index contributed by atoms with van der Waals surface area (Å²) in [5, 5.41) is 8.18. The highest BCUT2D eigenvalue weighted by atomic mass is 16.6. The normalized spacial score (nSPS) is 15.9. The summed E-state index contributed by atoms with van der Waals surface area (Å²) in [6, 6.07) is 7.03. The molecule has 0 unspecified atom stereocenters. The van der Waals surface area contributed by atoms with Crippen LogP contribution in [0.15, 0.2) is 30.6 Å². The van der Waals surface area contributed by atoms with E-state index in [1.165, 1.54) is 6.33 Å². The second kappa shape index (κ2) is 7.94. The van der Waals surface area contributed by atoms with Gasteiger partial charge in [-0.15, -0.1) is 0 Å². The van der Waals surface area contributed by atoms with E-state index >= 15 is 0 Å². The highest BCUT2D eigenvalue weighted by Gasteiger charge is 2.29. The molecule has 0 fully saturated rings. The number of ether oxygens (including phenoxy) is 1. The summed E-state index contributed by atoms with van der Waals surface area (Å²) in [4.78, 5) is 40.6. The number of fused-ring (bicyclic) bond motifs is 1. The Morgan fingerprint density at radius 3 is 2.62 bits per heavy atom. The van der Waals surface area contributed by atoms with Crippen LogP contribution in [0.5, 0.6) is 0 Å². The Morgan fingerprint density at radius 2 is 1.97 bits per heavy atom. The van der Waals surface area contributed by atoms with Crippen LogP contribution in [0.3, 0.4) is 0 Å². The zero-order chi connectivity index (χ0) is 21.2. The van der Waals surface area contributed by atoms with Crippen LogP contribution in [0, 0.1) is 0 Å². The number of hydrogen-bond donors (Lipinski definition) is 3. The molecule has 29 heavy (non-hydrogen) atoms. The van der Waals surface area contributed by atoms with E-state index in [0.29, 0.717) is 18.8 Å². The smallest absolute Gasteiger partial charge is 0.407 e. The van der Waals surface area contributed by atoms with Gasteiger partial charge in [0.25, 0.3) is 11.8 Å². The Labute approximate surface area is 168 Å². The minimum Gasteiger partial charge on any atom is -0.444 e. The van der Waals surface area contributed by atoms with Gasteiger partial charge in [0.15, 0.2) is 5.69 Å². The molecule has 2 heterocycles. The summed E-state index contributed by atoms with van der Waals surface area (Å²) in [5.74, 6) is -0.767. The molecule has 0 spiro atoms. The zero-order valence-corrected chi connectivity index (χ0v) is 16.9. The molecule has 3 rings (SSSR count). The van der Waals surface area contributed by atoms with Crippen LogP contribution in [-0.4, -0.2) is 39.6 Å². The summed E-state index contributed by atoms with van der Waals surface area (Å²) < 4.78 is 6.90. The molecule has 2 aromatic rings. The van der Waals surface area contributed by atoms with Crippen molar-refractivity contribution in [3.05, 3.63) is 47.5 Å². The summed E-state index contributed by atoms with van der Waals surface area (Å²) >= 11 is 0. The fraction of sp³-hybridized carbons (Fsp3) is 0.400. The molecular formula is C20H25N5O4. The average Bonchev–Trinajstić information content (AvgIpc) is 3.09. The molecule has 0 radical (unpaired) electrons. The van der Waals surface area contributed by atoms with E-state index in [4.69, 9.17) is 4.74 Å². The SMILES string of the molecule is C[C@@H]1CNC(=O)c2c(C(=O)Nc3ccc(CNC(=O)OC(C)(C)C)cc3)ncn21. The number of alkyl carbamates (subject to hydrolysis) is 1. The Bertz CT molecular complexity index is 927. The predicted octanol–water partition coefficient (Wildman–Crippen LogP) is 2.46. The van der Waals surface area contributed by atoms with Crippen molar-refractivity contribution in [1.82, 2.24) is 20.2 Å². The molecule has 1 aromatic heterocycles. The van der Waals surface area contributed by atoms with Crippen molar-refractivity contribution in [3.63, 3.8) is 0 Å². The van der Waals surface area contributed by atoms with E-state index in [1.54, 1.807) is 49.6 Å². The van der Waals surface area contributed by atoms with Crippen LogP contribution in [0.1, 0.15) is 60.3 Å². The van der Waals surface area contributed by atoms with Crippen molar-refractivity contribution in [2.45, 2.75) is 45.9 Å². The third-order valence-corrected chi connectivity index (χ3v) is 4.30. The highest BCUT2D eigenvalue weighted by Crippen LogP contribution is 2.19. The fourth-order valence-electron chi connectivity index (χ4n) is 2.89. The Morgan fingerprint density at radius 1 is 1.28 bits per heavy atom. The van der Waals surface area contributed by atoms with Crippen molar-refractivity contribution in [2.75, 3.05) is 11.9 Å². The molecule has 1 atom stereocenters. The van der Waals surface area contributed by atoms with E-state index in [9.17, 15) is 14.4 Å². The molecule has 0 aliphatic carbocycles. The van der Waals surface area contributed by atoms with Gasteiger partial charge in [0.1, 0.15) is 11.3 Å². The molecule has 9 nitrogen and oxygen atoms in total. The van der Waals surface area contributed by atoms with E-state index in [1.807, 2.05) is 6.92 Å². The maximum atomic E-state index is 12.6. The molecule has 1 aromatic carbocycles. The van der Waals surface area contributed by atoms with Gasteiger partial charge in [0, 0.05) is 24.8 Å². The number of benzene rings is 1. The molecule has 0 bridgehead atoms. The number of nitrogens with one attached hydrogen (secondary N) is 3. The fourth-order valence-corrected chi connectivity index (χ4v) is 2.89. The van der Waals surface area contributed by atoms with Crippen molar-refractivity contribution < 1.29 is 19.1 Å². The van der Waals surface area contributed by atoms with Crippen molar-refractivity contribution in [1.29, 1.82) is 0 Å². The molecule has 1 aliphatic rings. The minimum atomic E-state index is -0.556. The van der Waals surface area contributed by atoms with Crippen LogP contribution in [0.2, 0.25) is 0 Å². The van der Waals surface area contributed by atoms with Crippen molar-refractivity contribution >= 4 is 23.6 Å². The van der Waals surface area contributed by atoms with E-state index in [2.05, 4.69) is 20.9 Å². The number of hydrogen-bond acceptors (Lipinski definition) is 5. The third-order valence-electron chi connectivity index (χ3n) is 4.30. The number of anilines is 1. The number of carbonyl (C=O) groups is 3. The van der Waals surface area contributed by atoms with Gasteiger partial charge in [-0.25, -0.2) is 9.78 Å². The van der Waals surface area contributed by atoms with Gasteiger partial charge < -0.3 is 25.3 Å². The van der Waals surface area contributed by atoms with Gasteiger partial charge in [-0.2, -0.15) is 0 Å². The van der Waals surface area contributed by atoms with Crippen LogP contribution >= 0.6 is 0 Å². The van der Waals surface area contributed by atoms with Gasteiger partial charge in [-0.05, 0) is 45.4 Å². The monoisotopic (exact) mass is 399 g/mol. The number of amides is 3. The van der Waals surface area contributed by atoms with E-state index < -0.39 is 17.6 Å². The van der Waals surface area contributed by atoms with Gasteiger partial charge in [0.05, 0.1) is 6.33 Å². The number of carbonyl (C=O) groups excluding carboxylic acids is 3. The molecule has 0 saturated carbocycles. The van der Waals surface area contributed by atoms with Crippen LogP contribution in [-0.2, 0) is 11.3 Å². The quantitative estimate of drug-likeness (QED) is 0.731. The summed E-state index contributed by atoms with van der Waals surface area (Å²) in [6.45, 7) is 8.14. The largest absolute Gasteiger partial charge is 0.444 e. The molecule has 0 saturated heterocycles. The van der Waals surface area contributed by atoms with Crippen molar-refractivity contribution in [3.8, 4) is 0 Å². The second-order valence-electron chi connectivity index (χ2n) is 7.91. The van der Waals surface area contributed by atoms with Gasteiger partial charge in [0.2, 0.25) is 0 Å². The second-order valence-corrected chi connectivity index (χ2v) is 7.91. The number of rotatable bonds is 4.